The molecule has 3 aromatic rings. The van der Waals surface area contributed by atoms with Crippen LogP contribution in [0.4, 0.5) is 0 Å². The second-order valence-corrected chi connectivity index (χ2v) is 6.94. The molecule has 1 heterocycles. The van der Waals surface area contributed by atoms with E-state index in [4.69, 9.17) is 20.9 Å². The number of fused-ring (bicyclic) bond motifs is 1. The number of hydrogen-bond acceptors (Lipinski definition) is 6. The first-order chi connectivity index (χ1) is 14.5. The molecule has 8 heteroatoms. The minimum absolute atomic E-state index is 0.0297. The molecule has 4 N–H and O–H groups in total. The van der Waals surface area contributed by atoms with Crippen LogP contribution in [0, 0.1) is 0 Å². The van der Waals surface area contributed by atoms with Crippen LogP contribution in [-0.4, -0.2) is 28.4 Å². The summed E-state index contributed by atoms with van der Waals surface area (Å²) in [7, 11) is 0. The van der Waals surface area contributed by atoms with Crippen LogP contribution >= 0.6 is 0 Å². The van der Waals surface area contributed by atoms with Gasteiger partial charge in [0.05, 0.1) is 0 Å². The number of benzene rings is 2. The predicted molar refractivity (Wildman–Crippen MR) is 109 cm³/mol. The Balaban J connectivity index is 1.55. The Morgan fingerprint density at radius 2 is 1.63 bits per heavy atom. The van der Waals surface area contributed by atoms with Crippen molar-refractivity contribution in [2.75, 3.05) is 6.61 Å². The highest BCUT2D eigenvalue weighted by Crippen LogP contribution is 2.30. The van der Waals surface area contributed by atoms with Gasteiger partial charge in [-0.25, -0.2) is 4.98 Å². The number of carbonyl (C=O) groups is 2. The number of nitrogens with two attached hydrogens (primary N) is 2. The van der Waals surface area contributed by atoms with Crippen molar-refractivity contribution in [1.29, 1.82) is 0 Å². The highest BCUT2D eigenvalue weighted by Gasteiger charge is 2.14. The molecule has 0 unspecified atom stereocenters. The molecule has 1 aliphatic rings. The van der Waals surface area contributed by atoms with Crippen molar-refractivity contribution in [3.05, 3.63) is 65.4 Å². The maximum atomic E-state index is 11.6. The molecule has 0 aliphatic heterocycles. The van der Waals surface area contributed by atoms with Gasteiger partial charge in [0.1, 0.15) is 17.2 Å². The van der Waals surface area contributed by atoms with Crippen LogP contribution in [-0.2, 0) is 17.6 Å². The largest absolute Gasteiger partial charge is 0.467 e. The van der Waals surface area contributed by atoms with Gasteiger partial charge in [0.2, 0.25) is 5.88 Å². The summed E-state index contributed by atoms with van der Waals surface area (Å²) in [6.07, 6.45) is 3.39. The third-order valence-electron chi connectivity index (χ3n) is 4.74. The second kappa shape index (κ2) is 8.20. The van der Waals surface area contributed by atoms with Gasteiger partial charge < -0.3 is 20.9 Å². The summed E-state index contributed by atoms with van der Waals surface area (Å²) < 4.78 is 11.2. The number of amides is 2. The molecule has 1 aromatic heterocycles. The van der Waals surface area contributed by atoms with E-state index in [1.165, 1.54) is 23.6 Å². The van der Waals surface area contributed by atoms with Gasteiger partial charge in [-0.15, -0.1) is 0 Å². The molecule has 1 aliphatic carbocycles. The molecule has 0 saturated carbocycles. The fourth-order valence-electron chi connectivity index (χ4n) is 3.32. The van der Waals surface area contributed by atoms with Gasteiger partial charge in [-0.05, 0) is 66.8 Å². The molecule has 0 bridgehead atoms. The lowest BCUT2D eigenvalue weighted by Gasteiger charge is -2.10. The van der Waals surface area contributed by atoms with E-state index in [1.807, 2.05) is 6.07 Å². The van der Waals surface area contributed by atoms with E-state index in [2.05, 4.69) is 22.1 Å². The van der Waals surface area contributed by atoms with Crippen molar-refractivity contribution < 1.29 is 19.1 Å². The van der Waals surface area contributed by atoms with Crippen molar-refractivity contribution in [2.45, 2.75) is 19.3 Å². The first-order valence-corrected chi connectivity index (χ1v) is 9.48. The Labute approximate surface area is 172 Å². The quantitative estimate of drug-likeness (QED) is 0.622. The average molecular weight is 404 g/mol. The van der Waals surface area contributed by atoms with Crippen molar-refractivity contribution in [2.24, 2.45) is 11.5 Å². The summed E-state index contributed by atoms with van der Waals surface area (Å²) >= 11 is 0. The molecular formula is C22H20N4O4. The van der Waals surface area contributed by atoms with Crippen LogP contribution in [0.25, 0.3) is 11.4 Å². The molecule has 0 saturated heterocycles. The van der Waals surface area contributed by atoms with Gasteiger partial charge in [-0.1, -0.05) is 6.07 Å². The van der Waals surface area contributed by atoms with Crippen LogP contribution in [0.1, 0.15) is 28.0 Å². The van der Waals surface area contributed by atoms with Gasteiger partial charge in [0, 0.05) is 11.6 Å². The van der Waals surface area contributed by atoms with E-state index in [1.54, 1.807) is 24.3 Å². The van der Waals surface area contributed by atoms with Crippen molar-refractivity contribution in [3.63, 3.8) is 0 Å². The summed E-state index contributed by atoms with van der Waals surface area (Å²) in [6, 6.07) is 14.5. The van der Waals surface area contributed by atoms with Crippen LogP contribution in [0.15, 0.2) is 48.5 Å². The van der Waals surface area contributed by atoms with E-state index in [9.17, 15) is 9.59 Å². The molecular weight excluding hydrogens is 384 g/mol. The van der Waals surface area contributed by atoms with Gasteiger partial charge in [0.15, 0.2) is 12.4 Å². The van der Waals surface area contributed by atoms with E-state index >= 15 is 0 Å². The molecule has 30 heavy (non-hydrogen) atoms. The number of ether oxygens (including phenoxy) is 2. The number of nitrogens with zero attached hydrogens (tertiary/aromatic N) is 2. The molecule has 0 fully saturated rings. The van der Waals surface area contributed by atoms with E-state index in [-0.39, 0.29) is 24.0 Å². The van der Waals surface area contributed by atoms with E-state index in [0.29, 0.717) is 11.3 Å². The Kier molecular flexibility index (Phi) is 5.30. The number of primary amides is 2. The van der Waals surface area contributed by atoms with Crippen LogP contribution < -0.4 is 20.9 Å². The predicted octanol–water partition coefficient (Wildman–Crippen LogP) is 2.39. The van der Waals surface area contributed by atoms with Crippen molar-refractivity contribution in [1.82, 2.24) is 9.97 Å². The van der Waals surface area contributed by atoms with Gasteiger partial charge >= 0.3 is 0 Å². The van der Waals surface area contributed by atoms with Crippen LogP contribution in [0.3, 0.4) is 0 Å². The maximum absolute atomic E-state index is 11.6. The third kappa shape index (κ3) is 4.38. The normalized spacial score (nSPS) is 12.3. The highest BCUT2D eigenvalue weighted by atomic mass is 16.5. The third-order valence-corrected chi connectivity index (χ3v) is 4.74. The minimum Gasteiger partial charge on any atom is -0.467 e. The standard InChI is InChI=1S/C22H20N4O4/c23-19(27)12-29-20-11-18(21(24)28)25-22(26-20)14-5-7-16(8-6-14)30-17-9-4-13-2-1-3-15(13)10-17/h4-11H,1-3,12H2,(H2,23,27)(H2,24,28). The Bertz CT molecular complexity index is 1110. The Hall–Kier alpha value is -3.94. The minimum atomic E-state index is -0.737. The number of carbonyl (C=O) groups excluding carboxylic acids is 2. The Morgan fingerprint density at radius 3 is 2.37 bits per heavy atom. The number of hydrogen-bond donors (Lipinski definition) is 2. The fourth-order valence-corrected chi connectivity index (χ4v) is 3.32. The van der Waals surface area contributed by atoms with Crippen molar-refractivity contribution >= 4 is 11.8 Å². The molecule has 4 rings (SSSR count). The fraction of sp³-hybridized carbons (Fsp3) is 0.182. The monoisotopic (exact) mass is 404 g/mol. The molecule has 152 valence electrons. The number of aromatic nitrogens is 2. The zero-order valence-corrected chi connectivity index (χ0v) is 16.1. The zero-order valence-electron chi connectivity index (χ0n) is 16.1. The lowest BCUT2D eigenvalue weighted by atomic mass is 10.1. The maximum Gasteiger partial charge on any atom is 0.267 e. The average Bonchev–Trinajstić information content (AvgIpc) is 3.20. The SMILES string of the molecule is NC(=O)COc1cc(C(N)=O)nc(-c2ccc(Oc3ccc4c(c3)CCC4)cc2)n1. The summed E-state index contributed by atoms with van der Waals surface area (Å²) in [6.45, 7) is -0.373. The topological polar surface area (TPSA) is 130 Å². The van der Waals surface area contributed by atoms with Crippen molar-refractivity contribution in [3.8, 4) is 28.8 Å². The lowest BCUT2D eigenvalue weighted by molar-refractivity contribution is -0.120. The van der Waals surface area contributed by atoms with Crippen LogP contribution in [0.5, 0.6) is 17.4 Å². The summed E-state index contributed by atoms with van der Waals surface area (Å²) in [4.78, 5) is 30.9. The van der Waals surface area contributed by atoms with Gasteiger partial charge in [-0.2, -0.15) is 4.98 Å². The first-order valence-electron chi connectivity index (χ1n) is 9.48. The summed E-state index contributed by atoms with van der Waals surface area (Å²) in [5, 5.41) is 0. The lowest BCUT2D eigenvalue weighted by Crippen LogP contribution is -2.21. The van der Waals surface area contributed by atoms with Gasteiger partial charge in [-0.3, -0.25) is 9.59 Å². The molecule has 2 aromatic carbocycles. The number of rotatable bonds is 7. The molecule has 0 radical (unpaired) electrons. The summed E-state index contributed by atoms with van der Waals surface area (Å²) in [5.41, 5.74) is 13.7. The second-order valence-electron chi connectivity index (χ2n) is 6.94. The molecule has 8 nitrogen and oxygen atoms in total. The molecule has 0 spiro atoms. The molecule has 2 amide bonds. The summed E-state index contributed by atoms with van der Waals surface area (Å²) in [5.74, 6) is 0.314. The zero-order chi connectivity index (χ0) is 21.1. The van der Waals surface area contributed by atoms with E-state index in [0.717, 1.165) is 18.6 Å². The van der Waals surface area contributed by atoms with Gasteiger partial charge in [0.25, 0.3) is 11.8 Å². The van der Waals surface area contributed by atoms with E-state index < -0.39 is 11.8 Å². The molecule has 0 atom stereocenters. The smallest absolute Gasteiger partial charge is 0.267 e. The number of aryl methyl sites for hydroxylation is 2. The Morgan fingerprint density at radius 1 is 0.900 bits per heavy atom. The van der Waals surface area contributed by atoms with Crippen LogP contribution in [0.2, 0.25) is 0 Å². The first kappa shape index (κ1) is 19.4. The highest BCUT2D eigenvalue weighted by molar-refractivity contribution is 5.91.